The lowest BCUT2D eigenvalue weighted by Gasteiger charge is -2.35. The highest BCUT2D eigenvalue weighted by atomic mass is 32.1. The number of rotatable bonds is 6. The topological polar surface area (TPSA) is 57.2 Å². The van der Waals surface area contributed by atoms with Crippen molar-refractivity contribution in [3.05, 3.63) is 22.4 Å². The van der Waals surface area contributed by atoms with Gasteiger partial charge >= 0.3 is 5.97 Å². The number of carbonyl (C=O) groups excluding carboxylic acids is 1. The molecule has 2 fully saturated rings. The third kappa shape index (κ3) is 5.23. The van der Waals surface area contributed by atoms with Crippen LogP contribution in [-0.2, 0) is 9.53 Å². The number of esters is 1. The summed E-state index contributed by atoms with van der Waals surface area (Å²) in [4.78, 5) is 22.8. The zero-order chi connectivity index (χ0) is 19.1. The van der Waals surface area contributed by atoms with Gasteiger partial charge in [-0.3, -0.25) is 14.7 Å². The van der Waals surface area contributed by atoms with Gasteiger partial charge in [0.2, 0.25) is 0 Å². The van der Waals surface area contributed by atoms with E-state index in [1.54, 1.807) is 0 Å². The number of aliphatic imine (C=N–C) groups is 1. The number of ether oxygens (including phenoxy) is 1. The number of hydrogen-bond donors (Lipinski definition) is 1. The molecule has 7 heteroatoms. The van der Waals surface area contributed by atoms with E-state index in [4.69, 9.17) is 4.74 Å². The highest BCUT2D eigenvalue weighted by molar-refractivity contribution is 7.10. The molecule has 0 saturated carbocycles. The Bertz CT molecular complexity index is 614. The summed E-state index contributed by atoms with van der Waals surface area (Å²) in [6.07, 6.45) is 4.45. The third-order valence-electron chi connectivity index (χ3n) is 5.46. The van der Waals surface area contributed by atoms with E-state index in [9.17, 15) is 4.79 Å². The van der Waals surface area contributed by atoms with Crippen LogP contribution in [-0.4, -0.2) is 68.1 Å². The molecule has 2 atom stereocenters. The predicted octanol–water partition coefficient (Wildman–Crippen LogP) is 2.74. The molecule has 2 aliphatic heterocycles. The summed E-state index contributed by atoms with van der Waals surface area (Å²) in [6.45, 7) is 7.10. The van der Waals surface area contributed by atoms with Crippen LogP contribution in [0.4, 0.5) is 0 Å². The van der Waals surface area contributed by atoms with Crippen LogP contribution in [0.5, 0.6) is 0 Å². The molecule has 2 unspecified atom stereocenters. The van der Waals surface area contributed by atoms with Gasteiger partial charge < -0.3 is 15.0 Å². The lowest BCUT2D eigenvalue weighted by Crippen LogP contribution is -2.49. The van der Waals surface area contributed by atoms with Gasteiger partial charge in [-0.2, -0.15) is 0 Å². The second-order valence-corrected chi connectivity index (χ2v) is 8.22. The maximum absolute atomic E-state index is 12.1. The van der Waals surface area contributed by atoms with Gasteiger partial charge in [-0.05, 0) is 57.1 Å². The maximum atomic E-state index is 12.1. The molecule has 2 saturated heterocycles. The predicted molar refractivity (Wildman–Crippen MR) is 110 cm³/mol. The van der Waals surface area contributed by atoms with Crippen LogP contribution in [0.1, 0.15) is 43.5 Å². The van der Waals surface area contributed by atoms with Crippen molar-refractivity contribution in [2.24, 2.45) is 10.9 Å². The Morgan fingerprint density at radius 3 is 2.85 bits per heavy atom. The Kier molecular flexibility index (Phi) is 7.52. The quantitative estimate of drug-likeness (QED) is 0.458. The molecule has 0 radical (unpaired) electrons. The van der Waals surface area contributed by atoms with Gasteiger partial charge in [-0.1, -0.05) is 6.07 Å². The van der Waals surface area contributed by atoms with E-state index in [-0.39, 0.29) is 11.9 Å². The van der Waals surface area contributed by atoms with Gasteiger partial charge in [-0.25, -0.2) is 0 Å². The van der Waals surface area contributed by atoms with Crippen molar-refractivity contribution in [1.82, 2.24) is 15.1 Å². The SMILES string of the molecule is CCOC(=O)C1CCCN(C(=NC)NCC(c2cccs2)N2CCCC2)C1. The number of piperidine rings is 1. The lowest BCUT2D eigenvalue weighted by atomic mass is 9.98. The standard InChI is InChI=1S/C20H32N4O2S/c1-3-26-19(25)16-8-6-12-24(15-16)20(21-2)22-14-17(18-9-7-13-27-18)23-10-4-5-11-23/h7,9,13,16-17H,3-6,8,10-12,14-15H2,1-2H3,(H,21,22). The Hall–Kier alpha value is -1.60. The van der Waals surface area contributed by atoms with Crippen LogP contribution in [0.25, 0.3) is 0 Å². The van der Waals surface area contributed by atoms with Crippen LogP contribution in [0.15, 0.2) is 22.5 Å². The smallest absolute Gasteiger partial charge is 0.310 e. The second kappa shape index (κ2) is 10.1. The van der Waals surface area contributed by atoms with Crippen LogP contribution < -0.4 is 5.32 Å². The largest absolute Gasteiger partial charge is 0.466 e. The second-order valence-electron chi connectivity index (χ2n) is 7.24. The maximum Gasteiger partial charge on any atom is 0.310 e. The van der Waals surface area contributed by atoms with Crippen molar-refractivity contribution in [2.45, 2.75) is 38.6 Å². The number of thiophene rings is 1. The summed E-state index contributed by atoms with van der Waals surface area (Å²) in [5, 5.41) is 5.74. The van der Waals surface area contributed by atoms with E-state index in [1.165, 1.54) is 17.7 Å². The van der Waals surface area contributed by atoms with Crippen molar-refractivity contribution in [3.63, 3.8) is 0 Å². The first kappa shape index (κ1) is 20.1. The molecule has 150 valence electrons. The Morgan fingerprint density at radius 2 is 2.19 bits per heavy atom. The minimum atomic E-state index is -0.0776. The van der Waals surface area contributed by atoms with Gasteiger partial charge in [0.25, 0.3) is 0 Å². The molecule has 1 aromatic rings. The fourth-order valence-electron chi connectivity index (χ4n) is 4.09. The number of guanidine groups is 1. The van der Waals surface area contributed by atoms with Gasteiger partial charge in [-0.15, -0.1) is 11.3 Å². The van der Waals surface area contributed by atoms with Crippen molar-refractivity contribution >= 4 is 23.3 Å². The summed E-state index contributed by atoms with van der Waals surface area (Å²) < 4.78 is 5.23. The van der Waals surface area contributed by atoms with Crippen LogP contribution >= 0.6 is 11.3 Å². The van der Waals surface area contributed by atoms with Crippen LogP contribution in [0.2, 0.25) is 0 Å². The molecule has 2 aliphatic rings. The first-order valence-electron chi connectivity index (χ1n) is 10.1. The normalized spacial score (nSPS) is 22.7. The highest BCUT2D eigenvalue weighted by Crippen LogP contribution is 2.28. The Balaban J connectivity index is 1.61. The Labute approximate surface area is 166 Å². The molecule has 3 heterocycles. The van der Waals surface area contributed by atoms with Crippen molar-refractivity contribution in [3.8, 4) is 0 Å². The molecule has 0 amide bonds. The molecule has 1 aromatic heterocycles. The van der Waals surface area contributed by atoms with Gasteiger partial charge in [0.05, 0.1) is 18.6 Å². The summed E-state index contributed by atoms with van der Waals surface area (Å²) in [5.74, 6) is 0.764. The average Bonchev–Trinajstić information content (AvgIpc) is 3.40. The van der Waals surface area contributed by atoms with Crippen LogP contribution in [0.3, 0.4) is 0 Å². The van der Waals surface area contributed by atoms with E-state index in [0.717, 1.165) is 45.0 Å². The number of nitrogens with zero attached hydrogens (tertiary/aromatic N) is 3. The average molecular weight is 393 g/mol. The minimum Gasteiger partial charge on any atom is -0.466 e. The molecule has 1 N–H and O–H groups in total. The zero-order valence-electron chi connectivity index (χ0n) is 16.5. The summed E-state index contributed by atoms with van der Waals surface area (Å²) in [6, 6.07) is 4.75. The summed E-state index contributed by atoms with van der Waals surface area (Å²) >= 11 is 1.83. The number of hydrogen-bond acceptors (Lipinski definition) is 5. The van der Waals surface area contributed by atoms with Crippen molar-refractivity contribution < 1.29 is 9.53 Å². The number of carbonyl (C=O) groups is 1. The van der Waals surface area contributed by atoms with E-state index < -0.39 is 0 Å². The fraction of sp³-hybridized carbons (Fsp3) is 0.700. The van der Waals surface area contributed by atoms with Crippen molar-refractivity contribution in [2.75, 3.05) is 46.4 Å². The van der Waals surface area contributed by atoms with E-state index >= 15 is 0 Å². The minimum absolute atomic E-state index is 0.0519. The van der Waals surface area contributed by atoms with Gasteiger partial charge in [0.1, 0.15) is 0 Å². The fourth-order valence-corrected chi connectivity index (χ4v) is 4.95. The molecular weight excluding hydrogens is 360 g/mol. The molecule has 0 spiro atoms. The lowest BCUT2D eigenvalue weighted by molar-refractivity contribution is -0.149. The van der Waals surface area contributed by atoms with Gasteiger partial charge in [0, 0.05) is 31.6 Å². The molecule has 6 nitrogen and oxygen atoms in total. The van der Waals surface area contributed by atoms with E-state index in [1.807, 2.05) is 25.3 Å². The van der Waals surface area contributed by atoms with Crippen molar-refractivity contribution in [1.29, 1.82) is 0 Å². The molecule has 0 bridgehead atoms. The van der Waals surface area contributed by atoms with E-state index in [0.29, 0.717) is 19.2 Å². The number of likely N-dealkylation sites (tertiary alicyclic amines) is 2. The number of nitrogens with one attached hydrogen (secondary N) is 1. The zero-order valence-corrected chi connectivity index (χ0v) is 17.3. The summed E-state index contributed by atoms with van der Waals surface area (Å²) in [5.41, 5.74) is 0. The van der Waals surface area contributed by atoms with Gasteiger partial charge in [0.15, 0.2) is 5.96 Å². The molecule has 27 heavy (non-hydrogen) atoms. The van der Waals surface area contributed by atoms with E-state index in [2.05, 4.69) is 37.6 Å². The first-order chi connectivity index (χ1) is 13.2. The third-order valence-corrected chi connectivity index (χ3v) is 6.43. The first-order valence-corrected chi connectivity index (χ1v) is 11.0. The monoisotopic (exact) mass is 392 g/mol. The molecule has 3 rings (SSSR count). The molecular formula is C20H32N4O2S. The molecule has 0 aliphatic carbocycles. The van der Waals surface area contributed by atoms with Crippen LogP contribution in [0, 0.1) is 5.92 Å². The highest BCUT2D eigenvalue weighted by Gasteiger charge is 2.29. The summed E-state index contributed by atoms with van der Waals surface area (Å²) in [7, 11) is 1.83. The molecule has 0 aromatic carbocycles. The Morgan fingerprint density at radius 1 is 1.37 bits per heavy atom.